The monoisotopic (exact) mass is 222 g/mol. The Hall–Kier alpha value is -1.31. The summed E-state index contributed by atoms with van der Waals surface area (Å²) in [5, 5.41) is 0. The van der Waals surface area contributed by atoms with Gasteiger partial charge in [-0.15, -0.1) is 0 Å². The molecule has 0 aromatic heterocycles. The van der Waals surface area contributed by atoms with Crippen molar-refractivity contribution in [3.05, 3.63) is 34.9 Å². The van der Waals surface area contributed by atoms with E-state index < -0.39 is 0 Å². The molecule has 0 atom stereocenters. The number of esters is 1. The molecule has 0 radical (unpaired) electrons. The third kappa shape index (κ3) is 3.37. The second-order valence-corrected chi connectivity index (χ2v) is 3.69. The molecule has 0 aliphatic rings. The number of carbonyl (C=O) groups is 1. The van der Waals surface area contributed by atoms with Gasteiger partial charge in [0.1, 0.15) is 0 Å². The van der Waals surface area contributed by atoms with Gasteiger partial charge >= 0.3 is 5.97 Å². The van der Waals surface area contributed by atoms with Crippen LogP contribution in [0.25, 0.3) is 0 Å². The predicted octanol–water partition coefficient (Wildman–Crippen LogP) is 3.93. The summed E-state index contributed by atoms with van der Waals surface area (Å²) in [5.74, 6) is 0.0933. The first-order valence-electron chi connectivity index (χ1n) is 5.75. The van der Waals surface area contributed by atoms with Crippen molar-refractivity contribution in [3.63, 3.8) is 0 Å². The number of ether oxygens (including phenoxy) is 1. The molecule has 16 heavy (non-hydrogen) atoms. The standard InChI is InChI=1S/C12H16O2.C2H6/c1-8(2)10-7-5-6-9(3)11(10)12(13)14-4;1-2/h5-8H,1-4H3;1-2H3. The van der Waals surface area contributed by atoms with Crippen LogP contribution in [0.1, 0.15) is 55.1 Å². The smallest absolute Gasteiger partial charge is 0.338 e. The molecule has 0 unspecified atom stereocenters. The van der Waals surface area contributed by atoms with Crippen molar-refractivity contribution in [3.8, 4) is 0 Å². The molecule has 0 spiro atoms. The first kappa shape index (κ1) is 14.7. The van der Waals surface area contributed by atoms with Gasteiger partial charge in [0.25, 0.3) is 0 Å². The molecule has 0 bridgehead atoms. The lowest BCUT2D eigenvalue weighted by Gasteiger charge is -2.13. The van der Waals surface area contributed by atoms with Gasteiger partial charge in [-0.2, -0.15) is 0 Å². The predicted molar refractivity (Wildman–Crippen MR) is 68.0 cm³/mol. The summed E-state index contributed by atoms with van der Waals surface area (Å²) in [6, 6.07) is 5.87. The van der Waals surface area contributed by atoms with Crippen LogP contribution >= 0.6 is 0 Å². The first-order chi connectivity index (χ1) is 7.57. The van der Waals surface area contributed by atoms with E-state index in [0.717, 1.165) is 11.1 Å². The molecular weight excluding hydrogens is 200 g/mol. The van der Waals surface area contributed by atoms with Crippen LogP contribution in [0.5, 0.6) is 0 Å². The second kappa shape index (κ2) is 7.04. The Morgan fingerprint density at radius 1 is 1.25 bits per heavy atom. The average Bonchev–Trinajstić information content (AvgIpc) is 2.30. The molecule has 0 amide bonds. The Morgan fingerprint density at radius 3 is 2.25 bits per heavy atom. The number of methoxy groups -OCH3 is 1. The maximum absolute atomic E-state index is 11.5. The molecule has 90 valence electrons. The topological polar surface area (TPSA) is 26.3 Å². The van der Waals surface area contributed by atoms with Crippen LogP contribution in [-0.4, -0.2) is 13.1 Å². The van der Waals surface area contributed by atoms with Crippen LogP contribution in [0.4, 0.5) is 0 Å². The van der Waals surface area contributed by atoms with E-state index in [1.165, 1.54) is 7.11 Å². The quantitative estimate of drug-likeness (QED) is 0.709. The fourth-order valence-electron chi connectivity index (χ4n) is 1.55. The van der Waals surface area contributed by atoms with Gasteiger partial charge in [0.05, 0.1) is 12.7 Å². The summed E-state index contributed by atoms with van der Waals surface area (Å²) in [5.41, 5.74) is 2.74. The normalized spacial score (nSPS) is 9.44. The molecule has 0 N–H and O–H groups in total. The fourth-order valence-corrected chi connectivity index (χ4v) is 1.55. The Kier molecular flexibility index (Phi) is 6.47. The highest BCUT2D eigenvalue weighted by molar-refractivity contribution is 5.92. The van der Waals surface area contributed by atoms with Gasteiger partial charge in [-0.3, -0.25) is 0 Å². The van der Waals surface area contributed by atoms with Crippen molar-refractivity contribution in [1.29, 1.82) is 0 Å². The van der Waals surface area contributed by atoms with Gasteiger partial charge in [-0.1, -0.05) is 45.9 Å². The molecule has 0 fully saturated rings. The number of carbonyl (C=O) groups excluding carboxylic acids is 1. The third-order valence-corrected chi connectivity index (χ3v) is 2.32. The summed E-state index contributed by atoms with van der Waals surface area (Å²) in [6.07, 6.45) is 0. The Morgan fingerprint density at radius 2 is 1.81 bits per heavy atom. The summed E-state index contributed by atoms with van der Waals surface area (Å²) in [7, 11) is 1.42. The SMILES string of the molecule is CC.COC(=O)c1c(C)cccc1C(C)C. The van der Waals surface area contributed by atoms with E-state index in [2.05, 4.69) is 13.8 Å². The van der Waals surface area contributed by atoms with Crippen LogP contribution in [0.3, 0.4) is 0 Å². The Labute approximate surface area is 98.6 Å². The Balaban J connectivity index is 0.00000106. The number of aryl methyl sites for hydroxylation is 1. The highest BCUT2D eigenvalue weighted by Gasteiger charge is 2.15. The molecule has 2 heteroatoms. The first-order valence-corrected chi connectivity index (χ1v) is 5.75. The van der Waals surface area contributed by atoms with Crippen LogP contribution in [0.15, 0.2) is 18.2 Å². The summed E-state index contributed by atoms with van der Waals surface area (Å²) >= 11 is 0. The van der Waals surface area contributed by atoms with Gasteiger partial charge in [0.2, 0.25) is 0 Å². The van der Waals surface area contributed by atoms with E-state index in [0.29, 0.717) is 11.5 Å². The van der Waals surface area contributed by atoms with E-state index in [1.54, 1.807) is 0 Å². The minimum absolute atomic E-state index is 0.244. The minimum Gasteiger partial charge on any atom is -0.465 e. The minimum atomic E-state index is -0.244. The average molecular weight is 222 g/mol. The molecule has 1 aromatic carbocycles. The van der Waals surface area contributed by atoms with Crippen LogP contribution in [-0.2, 0) is 4.74 Å². The molecule has 0 aliphatic carbocycles. The lowest BCUT2D eigenvalue weighted by Crippen LogP contribution is -2.09. The third-order valence-electron chi connectivity index (χ3n) is 2.32. The van der Waals surface area contributed by atoms with E-state index in [4.69, 9.17) is 4.74 Å². The summed E-state index contributed by atoms with van der Waals surface area (Å²) in [4.78, 5) is 11.5. The van der Waals surface area contributed by atoms with Crippen LogP contribution in [0, 0.1) is 6.92 Å². The summed E-state index contributed by atoms with van der Waals surface area (Å²) in [6.45, 7) is 10.1. The Bertz CT molecular complexity index is 341. The summed E-state index contributed by atoms with van der Waals surface area (Å²) < 4.78 is 4.77. The number of hydrogen-bond acceptors (Lipinski definition) is 2. The van der Waals surface area contributed by atoms with Crippen LogP contribution in [0.2, 0.25) is 0 Å². The molecule has 0 aliphatic heterocycles. The van der Waals surface area contributed by atoms with Crippen molar-refractivity contribution in [2.75, 3.05) is 7.11 Å². The van der Waals surface area contributed by atoms with E-state index in [-0.39, 0.29) is 5.97 Å². The van der Waals surface area contributed by atoms with Gasteiger partial charge in [0, 0.05) is 0 Å². The van der Waals surface area contributed by atoms with Gasteiger partial charge in [-0.05, 0) is 24.0 Å². The zero-order valence-corrected chi connectivity index (χ0v) is 11.1. The van der Waals surface area contributed by atoms with Gasteiger partial charge in [0.15, 0.2) is 0 Å². The van der Waals surface area contributed by atoms with Crippen molar-refractivity contribution in [1.82, 2.24) is 0 Å². The maximum atomic E-state index is 11.5. The van der Waals surface area contributed by atoms with Crippen LogP contribution < -0.4 is 0 Å². The zero-order valence-electron chi connectivity index (χ0n) is 11.1. The zero-order chi connectivity index (χ0) is 12.7. The maximum Gasteiger partial charge on any atom is 0.338 e. The van der Waals surface area contributed by atoms with E-state index in [9.17, 15) is 4.79 Å². The number of hydrogen-bond donors (Lipinski definition) is 0. The van der Waals surface area contributed by atoms with E-state index >= 15 is 0 Å². The number of rotatable bonds is 2. The van der Waals surface area contributed by atoms with E-state index in [1.807, 2.05) is 39.0 Å². The lowest BCUT2D eigenvalue weighted by atomic mass is 9.94. The molecule has 2 nitrogen and oxygen atoms in total. The highest BCUT2D eigenvalue weighted by atomic mass is 16.5. The molecule has 0 saturated heterocycles. The second-order valence-electron chi connectivity index (χ2n) is 3.69. The largest absolute Gasteiger partial charge is 0.465 e. The van der Waals surface area contributed by atoms with Crippen molar-refractivity contribution < 1.29 is 9.53 Å². The lowest BCUT2D eigenvalue weighted by molar-refractivity contribution is 0.0598. The van der Waals surface area contributed by atoms with Crippen molar-refractivity contribution in [2.45, 2.75) is 40.5 Å². The molecule has 1 rings (SSSR count). The van der Waals surface area contributed by atoms with Crippen molar-refractivity contribution >= 4 is 5.97 Å². The molecule has 0 heterocycles. The molecular formula is C14H22O2. The molecule has 1 aromatic rings. The van der Waals surface area contributed by atoms with Crippen molar-refractivity contribution in [2.24, 2.45) is 0 Å². The fraction of sp³-hybridized carbons (Fsp3) is 0.500. The van der Waals surface area contributed by atoms with Gasteiger partial charge < -0.3 is 4.74 Å². The highest BCUT2D eigenvalue weighted by Crippen LogP contribution is 2.22. The van der Waals surface area contributed by atoms with Gasteiger partial charge in [-0.25, -0.2) is 4.79 Å². The number of benzene rings is 1. The molecule has 0 saturated carbocycles.